The van der Waals surface area contributed by atoms with Gasteiger partial charge in [-0.2, -0.15) is 0 Å². The van der Waals surface area contributed by atoms with Gasteiger partial charge < -0.3 is 4.74 Å². The molecule has 2 heterocycles. The van der Waals surface area contributed by atoms with Gasteiger partial charge in [-0.05, 0) is 38.1 Å². The highest BCUT2D eigenvalue weighted by Gasteiger charge is 2.33. The lowest BCUT2D eigenvalue weighted by Gasteiger charge is -2.32. The maximum atomic E-state index is 11.4. The first-order valence-electron chi connectivity index (χ1n) is 6.04. The molecule has 4 heteroatoms. The van der Waals surface area contributed by atoms with Crippen LogP contribution in [0.15, 0.2) is 36.4 Å². The van der Waals surface area contributed by atoms with Gasteiger partial charge in [0, 0.05) is 11.1 Å². The van der Waals surface area contributed by atoms with Gasteiger partial charge in [0.25, 0.3) is 0 Å². The molecule has 19 heavy (non-hydrogen) atoms. The maximum absolute atomic E-state index is 11.4. The molecule has 95 valence electrons. The summed E-state index contributed by atoms with van der Waals surface area (Å²) in [4.78, 5) is 15.7. The largest absolute Gasteiger partial charge is 0.438 e. The van der Waals surface area contributed by atoms with Crippen LogP contribution in [-0.4, -0.2) is 11.1 Å². The molecule has 1 radical (unpaired) electrons. The number of hydrogen-bond acceptors (Lipinski definition) is 3. The van der Waals surface area contributed by atoms with Crippen LogP contribution >= 0.6 is 0 Å². The quantitative estimate of drug-likeness (QED) is 0.848. The second-order valence-electron chi connectivity index (χ2n) is 4.94. The van der Waals surface area contributed by atoms with E-state index in [1.165, 1.54) is 0 Å². The minimum atomic E-state index is -0.647. The zero-order valence-corrected chi connectivity index (χ0v) is 10.7. The van der Waals surface area contributed by atoms with E-state index >= 15 is 0 Å². The van der Waals surface area contributed by atoms with Crippen molar-refractivity contribution in [1.29, 1.82) is 0 Å². The van der Waals surface area contributed by atoms with Crippen LogP contribution in [0.1, 0.15) is 19.4 Å². The number of cyclic esters (lactones) is 1. The number of carbonyl (C=O) groups is 1. The highest BCUT2D eigenvalue weighted by atomic mass is 16.6. The molecular formula is C15H13N2O2. The Hall–Kier alpha value is -2.36. The lowest BCUT2D eigenvalue weighted by Crippen LogP contribution is -2.34. The van der Waals surface area contributed by atoms with Gasteiger partial charge in [-0.25, -0.2) is 9.78 Å². The average Bonchev–Trinajstić information content (AvgIpc) is 2.38. The third-order valence-corrected chi connectivity index (χ3v) is 3.16. The summed E-state index contributed by atoms with van der Waals surface area (Å²) in [6.07, 6.45) is 2.40. The molecule has 0 fully saturated rings. The van der Waals surface area contributed by atoms with E-state index in [-0.39, 0.29) is 0 Å². The van der Waals surface area contributed by atoms with E-state index in [4.69, 9.17) is 4.74 Å². The molecule has 1 amide bonds. The fourth-order valence-electron chi connectivity index (χ4n) is 2.22. The normalized spacial score (nSPS) is 16.2. The van der Waals surface area contributed by atoms with Crippen LogP contribution in [0.2, 0.25) is 0 Å². The molecule has 3 rings (SSSR count). The van der Waals surface area contributed by atoms with Crippen molar-refractivity contribution in [1.82, 2.24) is 4.98 Å². The Morgan fingerprint density at radius 3 is 2.89 bits per heavy atom. The van der Waals surface area contributed by atoms with Crippen molar-refractivity contribution in [3.8, 4) is 11.3 Å². The van der Waals surface area contributed by atoms with Crippen molar-refractivity contribution >= 4 is 11.8 Å². The maximum Gasteiger partial charge on any atom is 0.412 e. The molecule has 1 aliphatic rings. The van der Waals surface area contributed by atoms with Crippen LogP contribution in [-0.2, 0) is 10.3 Å². The average molecular weight is 253 g/mol. The molecule has 4 nitrogen and oxygen atoms in total. The fraction of sp³-hybridized carbons (Fsp3) is 0.200. The lowest BCUT2D eigenvalue weighted by molar-refractivity contribution is 0.0421. The molecule has 0 bridgehead atoms. The van der Waals surface area contributed by atoms with E-state index < -0.39 is 11.7 Å². The summed E-state index contributed by atoms with van der Waals surface area (Å²) in [5.74, 6) is 0. The molecule has 0 spiro atoms. The van der Waals surface area contributed by atoms with Gasteiger partial charge in [-0.3, -0.25) is 5.32 Å². The van der Waals surface area contributed by atoms with Crippen LogP contribution in [0, 0.1) is 6.20 Å². The van der Waals surface area contributed by atoms with Crippen LogP contribution in [0.3, 0.4) is 0 Å². The number of nitrogens with zero attached hydrogens (tertiary/aromatic N) is 1. The second kappa shape index (κ2) is 4.09. The standard InChI is InChI=1S/C15H13N2O2/c1-15(2)11-9-10(12-5-3-4-8-16-12)6-7-13(11)17-14(18)19-15/h3-7,9H,1-2H3,(H,17,18). The summed E-state index contributed by atoms with van der Waals surface area (Å²) in [6, 6.07) is 11.4. The first-order valence-corrected chi connectivity index (χ1v) is 6.04. The van der Waals surface area contributed by atoms with E-state index in [0.717, 1.165) is 22.5 Å². The zero-order valence-electron chi connectivity index (χ0n) is 10.7. The number of carbonyl (C=O) groups excluding carboxylic acids is 1. The number of fused-ring (bicyclic) bond motifs is 1. The second-order valence-corrected chi connectivity index (χ2v) is 4.94. The summed E-state index contributed by atoms with van der Waals surface area (Å²) >= 11 is 0. The summed E-state index contributed by atoms with van der Waals surface area (Å²) in [6.45, 7) is 3.75. The number of rotatable bonds is 1. The lowest BCUT2D eigenvalue weighted by atomic mass is 9.92. The highest BCUT2D eigenvalue weighted by Crippen LogP contribution is 2.37. The molecular weight excluding hydrogens is 240 g/mol. The molecule has 1 N–H and O–H groups in total. The van der Waals surface area contributed by atoms with Crippen molar-refractivity contribution in [3.05, 3.63) is 48.2 Å². The van der Waals surface area contributed by atoms with Gasteiger partial charge in [0.2, 0.25) is 0 Å². The number of ether oxygens (including phenoxy) is 1. The smallest absolute Gasteiger partial charge is 0.412 e. The van der Waals surface area contributed by atoms with Gasteiger partial charge in [-0.15, -0.1) is 0 Å². The fourth-order valence-corrected chi connectivity index (χ4v) is 2.22. The summed E-state index contributed by atoms with van der Waals surface area (Å²) in [5, 5.41) is 2.70. The highest BCUT2D eigenvalue weighted by molar-refractivity contribution is 5.89. The van der Waals surface area contributed by atoms with Crippen LogP contribution < -0.4 is 5.32 Å². The summed E-state index contributed by atoms with van der Waals surface area (Å²) < 4.78 is 5.31. The minimum absolute atomic E-state index is 0.420. The summed E-state index contributed by atoms with van der Waals surface area (Å²) in [7, 11) is 0. The number of hydrogen-bond donors (Lipinski definition) is 1. The van der Waals surface area contributed by atoms with Gasteiger partial charge >= 0.3 is 6.09 Å². The van der Waals surface area contributed by atoms with Crippen molar-refractivity contribution < 1.29 is 9.53 Å². The summed E-state index contributed by atoms with van der Waals surface area (Å²) in [5.41, 5.74) is 2.90. The van der Waals surface area contributed by atoms with Crippen LogP contribution in [0.4, 0.5) is 10.5 Å². The number of nitrogens with one attached hydrogen (secondary N) is 1. The van der Waals surface area contributed by atoms with Crippen molar-refractivity contribution in [2.24, 2.45) is 0 Å². The Labute approximate surface area is 111 Å². The molecule has 0 unspecified atom stereocenters. The number of pyridine rings is 1. The predicted molar refractivity (Wildman–Crippen MR) is 71.6 cm³/mol. The van der Waals surface area contributed by atoms with Crippen molar-refractivity contribution in [2.75, 3.05) is 5.32 Å². The first-order chi connectivity index (χ1) is 9.06. The van der Waals surface area contributed by atoms with Gasteiger partial charge in [0.1, 0.15) is 5.60 Å². The molecule has 0 aliphatic carbocycles. The Kier molecular flexibility index (Phi) is 2.52. The third kappa shape index (κ3) is 2.05. The molecule has 0 saturated heterocycles. The zero-order chi connectivity index (χ0) is 13.5. The van der Waals surface area contributed by atoms with Gasteiger partial charge in [0.15, 0.2) is 0 Å². The number of anilines is 1. The Bertz CT molecular complexity index is 636. The third-order valence-electron chi connectivity index (χ3n) is 3.16. The minimum Gasteiger partial charge on any atom is -0.438 e. The Balaban J connectivity index is 2.12. The molecule has 1 aromatic carbocycles. The van der Waals surface area contributed by atoms with Gasteiger partial charge in [0.05, 0.1) is 17.6 Å². The Morgan fingerprint density at radius 2 is 2.16 bits per heavy atom. The topological polar surface area (TPSA) is 51.2 Å². The molecule has 1 aliphatic heterocycles. The van der Waals surface area contributed by atoms with Crippen molar-refractivity contribution in [2.45, 2.75) is 19.4 Å². The molecule has 2 aromatic rings. The van der Waals surface area contributed by atoms with Crippen LogP contribution in [0.25, 0.3) is 11.3 Å². The van der Waals surface area contributed by atoms with E-state index in [0.29, 0.717) is 0 Å². The number of benzene rings is 1. The number of aromatic nitrogens is 1. The number of amides is 1. The predicted octanol–water partition coefficient (Wildman–Crippen LogP) is 3.35. The molecule has 0 atom stereocenters. The molecule has 0 saturated carbocycles. The Morgan fingerprint density at radius 1 is 1.32 bits per heavy atom. The van der Waals surface area contributed by atoms with Gasteiger partial charge in [-0.1, -0.05) is 12.1 Å². The monoisotopic (exact) mass is 253 g/mol. The van der Waals surface area contributed by atoms with Crippen molar-refractivity contribution in [3.63, 3.8) is 0 Å². The first kappa shape index (κ1) is 11.7. The van der Waals surface area contributed by atoms with E-state index in [9.17, 15) is 4.79 Å². The molecule has 1 aromatic heterocycles. The van der Waals surface area contributed by atoms with E-state index in [2.05, 4.69) is 16.5 Å². The SMILES string of the molecule is CC1(C)OC(=O)Nc2ccc(-c3ccc[c]n3)cc21. The van der Waals surface area contributed by atoms with Crippen LogP contribution in [0.5, 0.6) is 0 Å². The van der Waals surface area contributed by atoms with E-state index in [1.54, 1.807) is 6.07 Å². The van der Waals surface area contributed by atoms with E-state index in [1.807, 2.05) is 44.2 Å².